The van der Waals surface area contributed by atoms with Crippen molar-refractivity contribution < 1.29 is 14.4 Å². The molecule has 6 nitrogen and oxygen atoms in total. The predicted molar refractivity (Wildman–Crippen MR) is 60.2 cm³/mol. The molecule has 3 amide bonds. The molecule has 7 heteroatoms. The van der Waals surface area contributed by atoms with Gasteiger partial charge in [-0.15, -0.1) is 0 Å². The highest BCUT2D eigenvalue weighted by Crippen LogP contribution is 2.17. The second-order valence-electron chi connectivity index (χ2n) is 3.64. The van der Waals surface area contributed by atoms with E-state index >= 15 is 0 Å². The Labute approximate surface area is 95.0 Å². The molecule has 0 bridgehead atoms. The Balaban J connectivity index is 2.54. The average molecular weight is 225 g/mol. The molecule has 1 fully saturated rings. The van der Waals surface area contributed by atoms with Gasteiger partial charge in [-0.05, 0) is 19.8 Å². The number of nitrogens with zero attached hydrogens (tertiary/aromatic N) is 1. The number of amides is 3. The Bertz CT molecular complexity index is 285. The van der Waals surface area contributed by atoms with Crippen LogP contribution in [0.4, 0.5) is 4.79 Å². The molecule has 0 radical (unpaired) electrons. The van der Waals surface area contributed by atoms with Gasteiger partial charge in [-0.2, -0.15) is 0 Å². The van der Waals surface area contributed by atoms with Crippen molar-refractivity contribution in [1.82, 2.24) is 15.4 Å². The number of nitrogens with one attached hydrogen (secondary N) is 2. The molecule has 88 valence electrons. The zero-order chi connectivity index (χ0) is 12.0. The van der Waals surface area contributed by atoms with Crippen LogP contribution in [0.15, 0.2) is 0 Å². The van der Waals surface area contributed by atoms with Crippen LogP contribution in [0.25, 0.3) is 0 Å². The Kier molecular flexibility index (Phi) is 4.82. The third kappa shape index (κ3) is 2.98. The molecule has 0 aromatic rings. The molecular formula is C9H16BN3O3. The number of rotatable bonds is 5. The van der Waals surface area contributed by atoms with Crippen LogP contribution in [0.5, 0.6) is 0 Å². The molecule has 0 saturated carbocycles. The fraction of sp³-hybridized carbons (Fsp3) is 0.667. The third-order valence-electron chi connectivity index (χ3n) is 2.56. The van der Waals surface area contributed by atoms with E-state index in [2.05, 4.69) is 10.5 Å². The van der Waals surface area contributed by atoms with Crippen molar-refractivity contribution in [2.45, 2.75) is 25.8 Å². The van der Waals surface area contributed by atoms with Crippen molar-refractivity contribution in [3.8, 4) is 0 Å². The maximum absolute atomic E-state index is 11.6. The fourth-order valence-electron chi connectivity index (χ4n) is 1.86. The molecule has 1 unspecified atom stereocenters. The summed E-state index contributed by atoms with van der Waals surface area (Å²) in [6.07, 6.45) is 2.00. The predicted octanol–water partition coefficient (Wildman–Crippen LogP) is -1.20. The number of carbonyl (C=O) groups is 3. The molecule has 1 atom stereocenters. The van der Waals surface area contributed by atoms with E-state index in [4.69, 9.17) is 0 Å². The lowest BCUT2D eigenvalue weighted by atomic mass is 9.92. The molecule has 0 aliphatic carbocycles. The average Bonchev–Trinajstić information content (AvgIpc) is 2.75. The standard InChI is InChI=1S/C9H16BN3O3/c1-2-11-8(15)7-4-3-5-13(7)9(16)10-12-6-14/h6-7,10H,2-5H2,1H3,(H,11,15)(H,12,14). The topological polar surface area (TPSA) is 78.5 Å². The van der Waals surface area contributed by atoms with Crippen LogP contribution in [0, 0.1) is 0 Å². The van der Waals surface area contributed by atoms with Gasteiger partial charge >= 0.3 is 7.41 Å². The van der Waals surface area contributed by atoms with Gasteiger partial charge in [0.15, 0.2) is 12.2 Å². The van der Waals surface area contributed by atoms with Gasteiger partial charge in [0.2, 0.25) is 5.91 Å². The van der Waals surface area contributed by atoms with Crippen LogP contribution in [-0.4, -0.2) is 49.6 Å². The summed E-state index contributed by atoms with van der Waals surface area (Å²) in [5.41, 5.74) is 0. The minimum atomic E-state index is -0.374. The van der Waals surface area contributed by atoms with E-state index in [0.717, 1.165) is 6.42 Å². The lowest BCUT2D eigenvalue weighted by molar-refractivity contribution is -0.124. The zero-order valence-corrected chi connectivity index (χ0v) is 9.36. The van der Waals surface area contributed by atoms with Gasteiger partial charge in [0.1, 0.15) is 6.04 Å². The highest BCUT2D eigenvalue weighted by atomic mass is 16.2. The van der Waals surface area contributed by atoms with E-state index in [1.807, 2.05) is 6.92 Å². The van der Waals surface area contributed by atoms with E-state index in [9.17, 15) is 14.4 Å². The molecular weight excluding hydrogens is 209 g/mol. The molecule has 0 aromatic heterocycles. The first-order valence-electron chi connectivity index (χ1n) is 5.45. The lowest BCUT2D eigenvalue weighted by Gasteiger charge is -2.23. The molecule has 1 saturated heterocycles. The summed E-state index contributed by atoms with van der Waals surface area (Å²) in [6.45, 7) is 2.98. The van der Waals surface area contributed by atoms with Crippen molar-refractivity contribution in [3.05, 3.63) is 0 Å². The van der Waals surface area contributed by atoms with Crippen molar-refractivity contribution in [2.75, 3.05) is 13.1 Å². The van der Waals surface area contributed by atoms with Crippen molar-refractivity contribution in [2.24, 2.45) is 0 Å². The van der Waals surface area contributed by atoms with Crippen molar-refractivity contribution in [1.29, 1.82) is 0 Å². The van der Waals surface area contributed by atoms with Gasteiger partial charge in [0.05, 0.1) is 0 Å². The van der Waals surface area contributed by atoms with Crippen LogP contribution < -0.4 is 10.5 Å². The third-order valence-corrected chi connectivity index (χ3v) is 2.56. The number of hydrogen-bond donors (Lipinski definition) is 2. The minimum Gasteiger partial charge on any atom is -0.396 e. The fourth-order valence-corrected chi connectivity index (χ4v) is 1.86. The van der Waals surface area contributed by atoms with Crippen molar-refractivity contribution >= 4 is 25.5 Å². The van der Waals surface area contributed by atoms with Crippen molar-refractivity contribution in [3.63, 3.8) is 0 Å². The van der Waals surface area contributed by atoms with Crippen LogP contribution >= 0.6 is 0 Å². The first kappa shape index (κ1) is 12.5. The second-order valence-corrected chi connectivity index (χ2v) is 3.64. The first-order valence-corrected chi connectivity index (χ1v) is 5.45. The molecule has 16 heavy (non-hydrogen) atoms. The van der Waals surface area contributed by atoms with Crippen LogP contribution in [0.3, 0.4) is 0 Å². The summed E-state index contributed by atoms with van der Waals surface area (Å²) in [4.78, 5) is 34.9. The highest BCUT2D eigenvalue weighted by Gasteiger charge is 2.33. The molecule has 0 spiro atoms. The maximum atomic E-state index is 11.6. The van der Waals surface area contributed by atoms with Gasteiger partial charge in [0.25, 0.3) is 0 Å². The Hall–Kier alpha value is -1.53. The summed E-state index contributed by atoms with van der Waals surface area (Å²) in [6, 6.07) is -0.374. The molecule has 1 rings (SSSR count). The smallest absolute Gasteiger partial charge is 0.343 e. The Morgan fingerprint density at radius 1 is 1.56 bits per heavy atom. The summed E-state index contributed by atoms with van der Waals surface area (Å²) in [5.74, 6) is -0.319. The monoisotopic (exact) mass is 225 g/mol. The van der Waals surface area contributed by atoms with Gasteiger partial charge in [-0.25, -0.2) is 0 Å². The van der Waals surface area contributed by atoms with E-state index in [1.165, 1.54) is 4.90 Å². The number of likely N-dealkylation sites (N-methyl/N-ethyl adjacent to an activating group) is 1. The quantitative estimate of drug-likeness (QED) is 0.456. The van der Waals surface area contributed by atoms with E-state index in [1.54, 1.807) is 0 Å². The minimum absolute atomic E-state index is 0.0423. The molecule has 1 aliphatic rings. The van der Waals surface area contributed by atoms with Gasteiger partial charge < -0.3 is 15.4 Å². The zero-order valence-electron chi connectivity index (χ0n) is 9.36. The van der Waals surface area contributed by atoms with Crippen LogP contribution in [0.2, 0.25) is 0 Å². The lowest BCUT2D eigenvalue weighted by Crippen LogP contribution is -2.48. The summed E-state index contributed by atoms with van der Waals surface area (Å²) in [7, 11) is -0.0423. The van der Waals surface area contributed by atoms with E-state index < -0.39 is 0 Å². The Morgan fingerprint density at radius 2 is 2.31 bits per heavy atom. The molecule has 0 aromatic carbocycles. The van der Waals surface area contributed by atoms with Crippen LogP contribution in [-0.2, 0) is 9.59 Å². The SMILES string of the molecule is CCNC(=O)C1CCCN1C(=O)BNC=O. The van der Waals surface area contributed by atoms with Crippen LogP contribution in [0.1, 0.15) is 19.8 Å². The van der Waals surface area contributed by atoms with E-state index in [-0.39, 0.29) is 25.2 Å². The summed E-state index contributed by atoms with van der Waals surface area (Å²) < 4.78 is 0. The normalized spacial score (nSPS) is 19.1. The van der Waals surface area contributed by atoms with E-state index in [0.29, 0.717) is 25.9 Å². The second kappa shape index (κ2) is 6.14. The number of hydrogen-bond acceptors (Lipinski definition) is 3. The maximum Gasteiger partial charge on any atom is 0.343 e. The number of carbonyl (C=O) groups excluding carboxylic acids is 3. The Morgan fingerprint density at radius 3 is 2.94 bits per heavy atom. The largest absolute Gasteiger partial charge is 0.396 e. The molecule has 1 aliphatic heterocycles. The van der Waals surface area contributed by atoms with Gasteiger partial charge in [0, 0.05) is 13.1 Å². The number of likely N-dealkylation sites (tertiary alicyclic amines) is 1. The van der Waals surface area contributed by atoms with Gasteiger partial charge in [-0.3, -0.25) is 14.4 Å². The summed E-state index contributed by atoms with van der Waals surface area (Å²) >= 11 is 0. The first-order chi connectivity index (χ1) is 7.70. The summed E-state index contributed by atoms with van der Waals surface area (Å²) in [5, 5.41) is 5.02. The molecule has 1 heterocycles. The molecule has 2 N–H and O–H groups in total. The van der Waals surface area contributed by atoms with Gasteiger partial charge in [-0.1, -0.05) is 0 Å². The highest BCUT2D eigenvalue weighted by molar-refractivity contribution is 6.72.